The minimum Gasteiger partial charge on any atom is -0.496 e. The van der Waals surface area contributed by atoms with Gasteiger partial charge in [0.1, 0.15) is 5.75 Å². The summed E-state index contributed by atoms with van der Waals surface area (Å²) in [4.78, 5) is 11.9. The maximum Gasteiger partial charge on any atom is 0.234 e. The highest BCUT2D eigenvalue weighted by atomic mass is 16.5. The summed E-state index contributed by atoms with van der Waals surface area (Å²) in [7, 11) is 1.63. The second kappa shape index (κ2) is 8.20. The van der Waals surface area contributed by atoms with Crippen LogP contribution in [0.5, 0.6) is 5.75 Å². The second-order valence-corrected chi connectivity index (χ2v) is 5.12. The summed E-state index contributed by atoms with van der Waals surface area (Å²) >= 11 is 0. The number of ether oxygens (including phenoxy) is 1. The van der Waals surface area contributed by atoms with E-state index in [1.165, 1.54) is 11.1 Å². The summed E-state index contributed by atoms with van der Waals surface area (Å²) < 4.78 is 5.26. The molecule has 0 fully saturated rings. The highest BCUT2D eigenvalue weighted by Crippen LogP contribution is 2.16. The molecule has 22 heavy (non-hydrogen) atoms. The lowest BCUT2D eigenvalue weighted by Crippen LogP contribution is -2.33. The summed E-state index contributed by atoms with van der Waals surface area (Å²) in [5, 5.41) is 6.06. The highest BCUT2D eigenvalue weighted by molar-refractivity contribution is 5.78. The highest BCUT2D eigenvalue weighted by Gasteiger charge is 2.05. The average Bonchev–Trinajstić information content (AvgIpc) is 2.55. The Bertz CT molecular complexity index is 626. The number of carbonyl (C=O) groups excluding carboxylic acids is 1. The molecule has 0 aliphatic heterocycles. The van der Waals surface area contributed by atoms with Crippen molar-refractivity contribution in [3.8, 4) is 5.75 Å². The van der Waals surface area contributed by atoms with Gasteiger partial charge in [-0.3, -0.25) is 4.79 Å². The Morgan fingerprint density at radius 3 is 2.41 bits per heavy atom. The van der Waals surface area contributed by atoms with Gasteiger partial charge in [0.25, 0.3) is 0 Å². The molecular formula is C18H22N2O2. The largest absolute Gasteiger partial charge is 0.496 e. The standard InChI is InChI=1S/C18H22N2O2/c1-14-7-3-4-8-15(14)11-19-13-18(21)20-12-16-9-5-6-10-17(16)22-2/h3-10,19H,11-13H2,1-2H3,(H,20,21). The van der Waals surface area contributed by atoms with Crippen LogP contribution >= 0.6 is 0 Å². The van der Waals surface area contributed by atoms with Crippen LogP contribution in [0.15, 0.2) is 48.5 Å². The molecule has 1 amide bonds. The number of benzene rings is 2. The maximum absolute atomic E-state index is 11.9. The number of aryl methyl sites for hydroxylation is 1. The number of hydrogen-bond donors (Lipinski definition) is 2. The molecule has 0 bridgehead atoms. The first kappa shape index (κ1) is 16.0. The van der Waals surface area contributed by atoms with Gasteiger partial charge < -0.3 is 15.4 Å². The zero-order valence-corrected chi connectivity index (χ0v) is 13.1. The van der Waals surface area contributed by atoms with Gasteiger partial charge in [-0.15, -0.1) is 0 Å². The van der Waals surface area contributed by atoms with E-state index in [0.29, 0.717) is 19.6 Å². The van der Waals surface area contributed by atoms with Crippen molar-refractivity contribution in [3.63, 3.8) is 0 Å². The van der Waals surface area contributed by atoms with E-state index in [4.69, 9.17) is 4.74 Å². The molecule has 2 N–H and O–H groups in total. The van der Waals surface area contributed by atoms with Gasteiger partial charge in [-0.05, 0) is 24.1 Å². The van der Waals surface area contributed by atoms with Crippen LogP contribution in [0.2, 0.25) is 0 Å². The lowest BCUT2D eigenvalue weighted by molar-refractivity contribution is -0.120. The predicted molar refractivity (Wildman–Crippen MR) is 87.7 cm³/mol. The van der Waals surface area contributed by atoms with Crippen LogP contribution in [0, 0.1) is 6.92 Å². The van der Waals surface area contributed by atoms with E-state index < -0.39 is 0 Å². The topological polar surface area (TPSA) is 50.4 Å². The molecular weight excluding hydrogens is 276 g/mol. The normalized spacial score (nSPS) is 10.3. The molecule has 4 heteroatoms. The third-order valence-electron chi connectivity index (χ3n) is 3.53. The van der Waals surface area contributed by atoms with E-state index in [1.54, 1.807) is 7.11 Å². The van der Waals surface area contributed by atoms with Crippen LogP contribution in [-0.2, 0) is 17.9 Å². The van der Waals surface area contributed by atoms with E-state index in [1.807, 2.05) is 36.4 Å². The zero-order valence-electron chi connectivity index (χ0n) is 13.1. The number of amides is 1. The van der Waals surface area contributed by atoms with Crippen molar-refractivity contribution in [1.29, 1.82) is 0 Å². The van der Waals surface area contributed by atoms with Gasteiger partial charge >= 0.3 is 0 Å². The molecule has 0 aromatic heterocycles. The van der Waals surface area contributed by atoms with Gasteiger partial charge in [-0.2, -0.15) is 0 Å². The SMILES string of the molecule is COc1ccccc1CNC(=O)CNCc1ccccc1C. The van der Waals surface area contributed by atoms with Crippen molar-refractivity contribution in [2.45, 2.75) is 20.0 Å². The monoisotopic (exact) mass is 298 g/mol. The number of rotatable bonds is 7. The summed E-state index contributed by atoms with van der Waals surface area (Å²) in [5.74, 6) is 0.759. The third kappa shape index (κ3) is 4.60. The predicted octanol–water partition coefficient (Wildman–Crippen LogP) is 2.41. The van der Waals surface area contributed by atoms with Crippen molar-refractivity contribution >= 4 is 5.91 Å². The first-order valence-electron chi connectivity index (χ1n) is 7.34. The molecule has 2 aromatic carbocycles. The van der Waals surface area contributed by atoms with Crippen LogP contribution < -0.4 is 15.4 Å². The molecule has 0 atom stereocenters. The number of methoxy groups -OCH3 is 1. The van der Waals surface area contributed by atoms with Gasteiger partial charge in [0.2, 0.25) is 5.91 Å². The Kier molecular flexibility index (Phi) is 5.98. The number of para-hydroxylation sites is 1. The van der Waals surface area contributed by atoms with E-state index in [9.17, 15) is 4.79 Å². The van der Waals surface area contributed by atoms with Crippen LogP contribution in [-0.4, -0.2) is 19.6 Å². The number of carbonyl (C=O) groups is 1. The maximum atomic E-state index is 11.9. The lowest BCUT2D eigenvalue weighted by atomic mass is 10.1. The van der Waals surface area contributed by atoms with Gasteiger partial charge in [0.05, 0.1) is 13.7 Å². The van der Waals surface area contributed by atoms with E-state index >= 15 is 0 Å². The fraction of sp³-hybridized carbons (Fsp3) is 0.278. The Balaban J connectivity index is 1.75. The first-order valence-corrected chi connectivity index (χ1v) is 7.34. The average molecular weight is 298 g/mol. The van der Waals surface area contributed by atoms with Crippen LogP contribution in [0.25, 0.3) is 0 Å². The van der Waals surface area contributed by atoms with E-state index in [-0.39, 0.29) is 5.91 Å². The Labute approximate surface area is 131 Å². The molecule has 0 aliphatic carbocycles. The van der Waals surface area contributed by atoms with Gasteiger partial charge in [-0.25, -0.2) is 0 Å². The molecule has 0 radical (unpaired) electrons. The second-order valence-electron chi connectivity index (χ2n) is 5.12. The fourth-order valence-corrected chi connectivity index (χ4v) is 2.22. The zero-order chi connectivity index (χ0) is 15.8. The van der Waals surface area contributed by atoms with Crippen molar-refractivity contribution in [2.24, 2.45) is 0 Å². The minimum absolute atomic E-state index is 0.0282. The molecule has 0 spiro atoms. The van der Waals surface area contributed by atoms with Crippen LogP contribution in [0.3, 0.4) is 0 Å². The molecule has 4 nitrogen and oxygen atoms in total. The molecule has 116 valence electrons. The Morgan fingerprint density at radius 2 is 1.68 bits per heavy atom. The number of hydrogen-bond acceptors (Lipinski definition) is 3. The Morgan fingerprint density at radius 1 is 1.00 bits per heavy atom. The fourth-order valence-electron chi connectivity index (χ4n) is 2.22. The van der Waals surface area contributed by atoms with Crippen LogP contribution in [0.1, 0.15) is 16.7 Å². The Hall–Kier alpha value is -2.33. The van der Waals surface area contributed by atoms with Gasteiger partial charge in [0.15, 0.2) is 0 Å². The molecule has 0 unspecified atom stereocenters. The summed E-state index contributed by atoms with van der Waals surface area (Å²) in [6.07, 6.45) is 0. The van der Waals surface area contributed by atoms with E-state index in [0.717, 1.165) is 11.3 Å². The molecule has 0 aliphatic rings. The molecule has 0 saturated heterocycles. The van der Waals surface area contributed by atoms with Gasteiger partial charge in [-0.1, -0.05) is 42.5 Å². The smallest absolute Gasteiger partial charge is 0.234 e. The van der Waals surface area contributed by atoms with Gasteiger partial charge in [0, 0.05) is 18.7 Å². The lowest BCUT2D eigenvalue weighted by Gasteiger charge is -2.10. The van der Waals surface area contributed by atoms with Crippen molar-refractivity contribution in [2.75, 3.05) is 13.7 Å². The molecule has 2 rings (SSSR count). The van der Waals surface area contributed by atoms with Crippen molar-refractivity contribution in [3.05, 3.63) is 65.2 Å². The minimum atomic E-state index is -0.0282. The number of nitrogens with one attached hydrogen (secondary N) is 2. The molecule has 2 aromatic rings. The quantitative estimate of drug-likeness (QED) is 0.825. The van der Waals surface area contributed by atoms with Crippen molar-refractivity contribution < 1.29 is 9.53 Å². The summed E-state index contributed by atoms with van der Waals surface area (Å²) in [6.45, 7) is 3.52. The summed E-state index contributed by atoms with van der Waals surface area (Å²) in [5.41, 5.74) is 3.40. The van der Waals surface area contributed by atoms with Crippen molar-refractivity contribution in [1.82, 2.24) is 10.6 Å². The first-order chi connectivity index (χ1) is 10.7. The molecule has 0 heterocycles. The molecule has 0 saturated carbocycles. The van der Waals surface area contributed by atoms with E-state index in [2.05, 4.69) is 29.7 Å². The summed E-state index contributed by atoms with van der Waals surface area (Å²) in [6, 6.07) is 15.8. The van der Waals surface area contributed by atoms with Crippen LogP contribution in [0.4, 0.5) is 0 Å². The third-order valence-corrected chi connectivity index (χ3v) is 3.53.